The monoisotopic (exact) mass is 520 g/mol. The zero-order valence-corrected chi connectivity index (χ0v) is 20.6. The van der Waals surface area contributed by atoms with Gasteiger partial charge in [-0.05, 0) is 79.1 Å². The summed E-state index contributed by atoms with van der Waals surface area (Å²) < 4.78 is 38.5. The summed E-state index contributed by atoms with van der Waals surface area (Å²) in [7, 11) is -2.21. The standard InChI is InChI=1S/C24H22Cl2N2O5S/c1-32-19-6-8-20(9-7-19)34(30,31)28-12-2-3-16-13-18(5-10-22(16)28)27-24(29)15-33-23-11-4-17(25)14-21(23)26/h4-11,13-14H,2-3,12,15H2,1H3,(H,27,29). The van der Waals surface area contributed by atoms with E-state index in [1.54, 1.807) is 42.5 Å². The second-order valence-corrected chi connectivity index (χ2v) is 10.3. The molecule has 1 aliphatic rings. The van der Waals surface area contributed by atoms with Crippen molar-refractivity contribution in [2.45, 2.75) is 17.7 Å². The van der Waals surface area contributed by atoms with E-state index in [2.05, 4.69) is 5.32 Å². The number of anilines is 2. The van der Waals surface area contributed by atoms with Crippen molar-refractivity contribution in [1.29, 1.82) is 0 Å². The molecule has 0 aliphatic carbocycles. The summed E-state index contributed by atoms with van der Waals surface area (Å²) in [5, 5.41) is 3.56. The fraction of sp³-hybridized carbons (Fsp3) is 0.208. The first-order valence-corrected chi connectivity index (χ1v) is 12.6. The summed E-state index contributed by atoms with van der Waals surface area (Å²) in [5.74, 6) is 0.566. The molecule has 1 heterocycles. The summed E-state index contributed by atoms with van der Waals surface area (Å²) >= 11 is 11.9. The van der Waals surface area contributed by atoms with Crippen LogP contribution < -0.4 is 19.1 Å². The minimum Gasteiger partial charge on any atom is -0.497 e. The van der Waals surface area contributed by atoms with Gasteiger partial charge in [0.15, 0.2) is 6.61 Å². The number of carbonyl (C=O) groups is 1. The quantitative estimate of drug-likeness (QED) is 0.464. The largest absolute Gasteiger partial charge is 0.497 e. The normalized spacial score (nSPS) is 13.2. The lowest BCUT2D eigenvalue weighted by Gasteiger charge is -2.31. The molecule has 0 saturated heterocycles. The predicted octanol–water partition coefficient (Wildman–Crippen LogP) is 5.16. The molecule has 1 N–H and O–H groups in total. The molecule has 0 fully saturated rings. The van der Waals surface area contributed by atoms with E-state index in [-0.39, 0.29) is 17.4 Å². The average molecular weight is 521 g/mol. The number of carbonyl (C=O) groups excluding carboxylic acids is 1. The van der Waals surface area contributed by atoms with Crippen molar-refractivity contribution in [3.63, 3.8) is 0 Å². The Kier molecular flexibility index (Phi) is 7.21. The van der Waals surface area contributed by atoms with Crippen molar-refractivity contribution in [2.75, 3.05) is 29.9 Å². The first-order chi connectivity index (χ1) is 16.3. The third-order valence-electron chi connectivity index (χ3n) is 5.34. The van der Waals surface area contributed by atoms with Crippen LogP contribution in [0, 0.1) is 0 Å². The van der Waals surface area contributed by atoms with Gasteiger partial charge in [-0.25, -0.2) is 8.42 Å². The van der Waals surface area contributed by atoms with Gasteiger partial charge in [-0.3, -0.25) is 9.10 Å². The van der Waals surface area contributed by atoms with Gasteiger partial charge in [0.05, 0.1) is 22.7 Å². The molecule has 1 aliphatic heterocycles. The van der Waals surface area contributed by atoms with Crippen LogP contribution >= 0.6 is 23.2 Å². The van der Waals surface area contributed by atoms with E-state index in [1.165, 1.54) is 29.6 Å². The molecule has 0 bridgehead atoms. The van der Waals surface area contributed by atoms with E-state index in [9.17, 15) is 13.2 Å². The molecule has 0 unspecified atom stereocenters. The average Bonchev–Trinajstić information content (AvgIpc) is 2.83. The highest BCUT2D eigenvalue weighted by atomic mass is 35.5. The number of hydrogen-bond acceptors (Lipinski definition) is 5. The number of amides is 1. The molecule has 0 saturated carbocycles. The smallest absolute Gasteiger partial charge is 0.264 e. The van der Waals surface area contributed by atoms with Gasteiger partial charge in [-0.2, -0.15) is 0 Å². The molecule has 34 heavy (non-hydrogen) atoms. The molecule has 1 amide bonds. The van der Waals surface area contributed by atoms with Crippen LogP contribution in [0.2, 0.25) is 10.0 Å². The highest BCUT2D eigenvalue weighted by Gasteiger charge is 2.29. The highest BCUT2D eigenvalue weighted by molar-refractivity contribution is 7.92. The highest BCUT2D eigenvalue weighted by Crippen LogP contribution is 2.34. The van der Waals surface area contributed by atoms with Crippen LogP contribution in [0.25, 0.3) is 0 Å². The van der Waals surface area contributed by atoms with Crippen molar-refractivity contribution < 1.29 is 22.7 Å². The van der Waals surface area contributed by atoms with E-state index in [0.717, 1.165) is 5.56 Å². The lowest BCUT2D eigenvalue weighted by atomic mass is 10.0. The van der Waals surface area contributed by atoms with Crippen molar-refractivity contribution in [2.24, 2.45) is 0 Å². The molecule has 0 atom stereocenters. The third-order valence-corrected chi connectivity index (χ3v) is 7.70. The van der Waals surface area contributed by atoms with Gasteiger partial charge in [0.1, 0.15) is 11.5 Å². The van der Waals surface area contributed by atoms with Crippen molar-refractivity contribution >= 4 is 50.5 Å². The van der Waals surface area contributed by atoms with Crippen LogP contribution in [0.4, 0.5) is 11.4 Å². The number of nitrogens with one attached hydrogen (secondary N) is 1. The Labute approximate surface area is 208 Å². The first-order valence-electron chi connectivity index (χ1n) is 10.5. The molecule has 0 spiro atoms. The Morgan fingerprint density at radius 3 is 2.53 bits per heavy atom. The zero-order valence-electron chi connectivity index (χ0n) is 18.3. The Morgan fingerprint density at radius 2 is 1.82 bits per heavy atom. The topological polar surface area (TPSA) is 84.9 Å². The Balaban J connectivity index is 1.47. The Bertz CT molecular complexity index is 1310. The van der Waals surface area contributed by atoms with Gasteiger partial charge in [0.2, 0.25) is 0 Å². The molecular weight excluding hydrogens is 499 g/mol. The maximum atomic E-state index is 13.3. The van der Waals surface area contributed by atoms with Crippen molar-refractivity contribution in [1.82, 2.24) is 0 Å². The first kappa shape index (κ1) is 24.2. The number of nitrogens with zero attached hydrogens (tertiary/aromatic N) is 1. The summed E-state index contributed by atoms with van der Waals surface area (Å²) in [4.78, 5) is 12.6. The molecule has 3 aromatic carbocycles. The van der Waals surface area contributed by atoms with Crippen LogP contribution in [0.3, 0.4) is 0 Å². The number of sulfonamides is 1. The van der Waals surface area contributed by atoms with Gasteiger partial charge in [0.25, 0.3) is 15.9 Å². The number of hydrogen-bond donors (Lipinski definition) is 1. The summed E-state index contributed by atoms with van der Waals surface area (Å²) in [6.07, 6.45) is 1.36. The van der Waals surface area contributed by atoms with Crippen LogP contribution in [-0.4, -0.2) is 34.6 Å². The number of methoxy groups -OCH3 is 1. The molecule has 3 aromatic rings. The van der Waals surface area contributed by atoms with E-state index in [4.69, 9.17) is 32.7 Å². The number of halogens is 2. The summed E-state index contributed by atoms with van der Waals surface area (Å²) in [6, 6.07) is 16.2. The predicted molar refractivity (Wildman–Crippen MR) is 133 cm³/mol. The maximum absolute atomic E-state index is 13.3. The van der Waals surface area contributed by atoms with Gasteiger partial charge in [0, 0.05) is 17.3 Å². The summed E-state index contributed by atoms with van der Waals surface area (Å²) in [6.45, 7) is 0.138. The van der Waals surface area contributed by atoms with E-state index in [1.807, 2.05) is 0 Å². The fourth-order valence-electron chi connectivity index (χ4n) is 3.70. The number of ether oxygens (including phenoxy) is 2. The number of aryl methyl sites for hydroxylation is 1. The lowest BCUT2D eigenvalue weighted by molar-refractivity contribution is -0.118. The fourth-order valence-corrected chi connectivity index (χ4v) is 5.70. The number of rotatable bonds is 7. The van der Waals surface area contributed by atoms with Gasteiger partial charge in [-0.1, -0.05) is 23.2 Å². The Hall–Kier alpha value is -2.94. The van der Waals surface area contributed by atoms with E-state index in [0.29, 0.717) is 52.3 Å². The Morgan fingerprint density at radius 1 is 1.06 bits per heavy atom. The molecule has 4 rings (SSSR count). The SMILES string of the molecule is COc1ccc(S(=O)(=O)N2CCCc3cc(NC(=O)COc4ccc(Cl)cc4Cl)ccc32)cc1. The van der Waals surface area contributed by atoms with Crippen LogP contribution in [0.5, 0.6) is 11.5 Å². The molecule has 178 valence electrons. The maximum Gasteiger partial charge on any atom is 0.264 e. The third kappa shape index (κ3) is 5.24. The van der Waals surface area contributed by atoms with E-state index >= 15 is 0 Å². The lowest BCUT2D eigenvalue weighted by Crippen LogP contribution is -2.35. The molecule has 7 nitrogen and oxygen atoms in total. The van der Waals surface area contributed by atoms with Gasteiger partial charge in [-0.15, -0.1) is 0 Å². The number of fused-ring (bicyclic) bond motifs is 1. The molecular formula is C24H22Cl2N2O5S. The van der Waals surface area contributed by atoms with Crippen LogP contribution in [-0.2, 0) is 21.2 Å². The number of benzene rings is 3. The van der Waals surface area contributed by atoms with E-state index < -0.39 is 10.0 Å². The second kappa shape index (κ2) is 10.1. The van der Waals surface area contributed by atoms with Crippen molar-refractivity contribution in [3.05, 3.63) is 76.3 Å². The minimum absolute atomic E-state index is 0.191. The van der Waals surface area contributed by atoms with Crippen LogP contribution in [0.15, 0.2) is 65.6 Å². The van der Waals surface area contributed by atoms with Gasteiger partial charge >= 0.3 is 0 Å². The zero-order chi connectivity index (χ0) is 24.3. The molecule has 0 aromatic heterocycles. The minimum atomic E-state index is -3.73. The molecule has 0 radical (unpaired) electrons. The van der Waals surface area contributed by atoms with Crippen LogP contribution in [0.1, 0.15) is 12.0 Å². The summed E-state index contributed by atoms with van der Waals surface area (Å²) in [5.41, 5.74) is 1.99. The van der Waals surface area contributed by atoms with Gasteiger partial charge < -0.3 is 14.8 Å². The second-order valence-electron chi connectivity index (χ2n) is 7.61. The molecule has 10 heteroatoms. The van der Waals surface area contributed by atoms with Crippen molar-refractivity contribution in [3.8, 4) is 11.5 Å².